The van der Waals surface area contributed by atoms with Gasteiger partial charge in [0, 0.05) is 38.2 Å². The third-order valence-corrected chi connectivity index (χ3v) is 3.41. The number of carbonyl (C=O) groups excluding carboxylic acids is 4. The molecule has 0 radical (unpaired) electrons. The first-order valence-corrected chi connectivity index (χ1v) is 8.28. The lowest BCUT2D eigenvalue weighted by Crippen LogP contribution is -2.38. The van der Waals surface area contributed by atoms with Crippen molar-refractivity contribution in [3.63, 3.8) is 0 Å². The maximum atomic E-state index is 11.5. The number of hydrogen-bond acceptors (Lipinski definition) is 5. The summed E-state index contributed by atoms with van der Waals surface area (Å²) in [5.74, 6) is -1.00. The Morgan fingerprint density at radius 2 is 1.68 bits per heavy atom. The van der Waals surface area contributed by atoms with E-state index in [1.54, 1.807) is 0 Å². The molecule has 4 amide bonds. The van der Waals surface area contributed by atoms with Crippen LogP contribution in [-0.2, 0) is 23.9 Å². The van der Waals surface area contributed by atoms with Crippen LogP contribution in [0.1, 0.15) is 6.42 Å². The molecule has 0 saturated carbocycles. The van der Waals surface area contributed by atoms with Gasteiger partial charge in [-0.05, 0) is 0 Å². The Labute approximate surface area is 141 Å². The Morgan fingerprint density at radius 1 is 1.05 bits per heavy atom. The van der Waals surface area contributed by atoms with E-state index >= 15 is 0 Å². The van der Waals surface area contributed by atoms with Gasteiger partial charge in [0.2, 0.25) is 11.8 Å². The van der Waals surface area contributed by atoms with Crippen molar-refractivity contribution >= 4 is 46.2 Å². The molecule has 0 aromatic rings. The van der Waals surface area contributed by atoms with Gasteiger partial charge >= 0.3 is 0 Å². The van der Waals surface area contributed by atoms with Crippen molar-refractivity contribution in [2.45, 2.75) is 6.42 Å². The first kappa shape index (κ1) is 18.6. The minimum atomic E-state index is -0.365. The molecule has 22 heavy (non-hydrogen) atoms. The SMILES string of the molecule is O=C(CI)NCCOCCC(=O)NCCN1C(=O)C=CC1=O. The number of imide groups is 1. The van der Waals surface area contributed by atoms with Crippen molar-refractivity contribution in [1.29, 1.82) is 0 Å². The van der Waals surface area contributed by atoms with Gasteiger partial charge in [-0.2, -0.15) is 0 Å². The summed E-state index contributed by atoms with van der Waals surface area (Å²) in [6.07, 6.45) is 2.59. The average Bonchev–Trinajstić information content (AvgIpc) is 2.82. The molecule has 0 atom stereocenters. The minimum Gasteiger partial charge on any atom is -0.379 e. The first-order chi connectivity index (χ1) is 10.5. The standard InChI is InChI=1S/C13H18IN3O5/c14-9-11(19)16-5-8-22-7-3-10(18)15-4-6-17-12(20)1-2-13(17)21/h1-2H,3-9H2,(H,15,18)(H,16,19). The lowest BCUT2D eigenvalue weighted by atomic mass is 10.4. The number of hydrogen-bond donors (Lipinski definition) is 2. The summed E-state index contributed by atoms with van der Waals surface area (Å²) in [7, 11) is 0. The predicted molar refractivity (Wildman–Crippen MR) is 86.2 cm³/mol. The highest BCUT2D eigenvalue weighted by atomic mass is 127. The first-order valence-electron chi connectivity index (χ1n) is 6.75. The van der Waals surface area contributed by atoms with Gasteiger partial charge in [0.05, 0.1) is 17.6 Å². The van der Waals surface area contributed by atoms with Crippen LogP contribution in [0.3, 0.4) is 0 Å². The van der Waals surface area contributed by atoms with Crippen LogP contribution in [0, 0.1) is 0 Å². The number of carbonyl (C=O) groups is 4. The smallest absolute Gasteiger partial charge is 0.253 e. The van der Waals surface area contributed by atoms with Crippen LogP contribution in [0.15, 0.2) is 12.2 Å². The molecule has 1 heterocycles. The number of ether oxygens (including phenoxy) is 1. The van der Waals surface area contributed by atoms with Crippen molar-refractivity contribution in [3.8, 4) is 0 Å². The molecule has 9 heteroatoms. The normalized spacial score (nSPS) is 13.6. The lowest BCUT2D eigenvalue weighted by Gasteiger charge is -2.14. The number of nitrogens with zero attached hydrogens (tertiary/aromatic N) is 1. The highest BCUT2D eigenvalue weighted by molar-refractivity contribution is 14.1. The highest BCUT2D eigenvalue weighted by Crippen LogP contribution is 2.01. The quantitative estimate of drug-likeness (QED) is 0.203. The van der Waals surface area contributed by atoms with E-state index in [4.69, 9.17) is 4.74 Å². The fourth-order valence-corrected chi connectivity index (χ4v) is 1.89. The number of nitrogens with one attached hydrogen (secondary N) is 2. The molecule has 0 aromatic carbocycles. The van der Waals surface area contributed by atoms with E-state index < -0.39 is 0 Å². The fourth-order valence-electron chi connectivity index (χ4n) is 1.62. The van der Waals surface area contributed by atoms with E-state index in [0.29, 0.717) is 17.6 Å². The molecule has 0 aliphatic carbocycles. The van der Waals surface area contributed by atoms with E-state index in [2.05, 4.69) is 10.6 Å². The summed E-state index contributed by atoms with van der Waals surface area (Å²) in [5.41, 5.74) is 0. The molecule has 1 aliphatic heterocycles. The highest BCUT2D eigenvalue weighted by Gasteiger charge is 2.22. The Kier molecular flexibility index (Phi) is 8.67. The molecular formula is C13H18IN3O5. The van der Waals surface area contributed by atoms with Gasteiger partial charge in [-0.25, -0.2) is 0 Å². The molecule has 8 nitrogen and oxygen atoms in total. The average molecular weight is 423 g/mol. The van der Waals surface area contributed by atoms with Gasteiger partial charge in [-0.15, -0.1) is 0 Å². The monoisotopic (exact) mass is 423 g/mol. The maximum Gasteiger partial charge on any atom is 0.253 e. The Balaban J connectivity index is 1.99. The lowest BCUT2D eigenvalue weighted by molar-refractivity contribution is -0.137. The molecule has 0 saturated heterocycles. The molecule has 0 unspecified atom stereocenters. The summed E-state index contributed by atoms with van der Waals surface area (Å²) in [6.45, 7) is 1.37. The van der Waals surface area contributed by atoms with Crippen molar-refractivity contribution in [1.82, 2.24) is 15.5 Å². The Hall–Kier alpha value is -1.49. The van der Waals surface area contributed by atoms with E-state index in [9.17, 15) is 19.2 Å². The zero-order chi connectivity index (χ0) is 16.4. The van der Waals surface area contributed by atoms with E-state index in [0.717, 1.165) is 4.90 Å². The van der Waals surface area contributed by atoms with E-state index in [1.807, 2.05) is 22.6 Å². The number of amides is 4. The molecule has 1 rings (SSSR count). The molecule has 2 N–H and O–H groups in total. The van der Waals surface area contributed by atoms with Crippen LogP contribution in [0.5, 0.6) is 0 Å². The van der Waals surface area contributed by atoms with Gasteiger partial charge in [0.15, 0.2) is 0 Å². The van der Waals surface area contributed by atoms with Gasteiger partial charge in [-0.3, -0.25) is 24.1 Å². The van der Waals surface area contributed by atoms with Crippen molar-refractivity contribution < 1.29 is 23.9 Å². The molecule has 0 bridgehead atoms. The van der Waals surface area contributed by atoms with Crippen molar-refractivity contribution in [3.05, 3.63) is 12.2 Å². The Morgan fingerprint density at radius 3 is 2.32 bits per heavy atom. The van der Waals surface area contributed by atoms with Gasteiger partial charge in [0.1, 0.15) is 0 Å². The minimum absolute atomic E-state index is 0.0533. The van der Waals surface area contributed by atoms with E-state index in [-0.39, 0.29) is 49.7 Å². The Bertz CT molecular complexity index is 449. The van der Waals surface area contributed by atoms with Crippen LogP contribution < -0.4 is 10.6 Å². The van der Waals surface area contributed by atoms with Gasteiger partial charge < -0.3 is 15.4 Å². The fraction of sp³-hybridized carbons (Fsp3) is 0.538. The van der Waals surface area contributed by atoms with Crippen molar-refractivity contribution in [2.24, 2.45) is 0 Å². The summed E-state index contributed by atoms with van der Waals surface area (Å²) in [4.78, 5) is 46.0. The molecule has 0 spiro atoms. The molecular weight excluding hydrogens is 405 g/mol. The summed E-state index contributed by atoms with van der Waals surface area (Å²) >= 11 is 1.96. The molecule has 0 fully saturated rings. The second-order valence-corrected chi connectivity index (χ2v) is 5.12. The second kappa shape index (κ2) is 10.3. The van der Waals surface area contributed by atoms with Crippen LogP contribution in [0.4, 0.5) is 0 Å². The summed E-state index contributed by atoms with van der Waals surface area (Å²) in [6, 6.07) is 0. The largest absolute Gasteiger partial charge is 0.379 e. The molecule has 122 valence electrons. The number of alkyl halides is 1. The van der Waals surface area contributed by atoms with Gasteiger partial charge in [-0.1, -0.05) is 22.6 Å². The third kappa shape index (κ3) is 6.98. The topological polar surface area (TPSA) is 105 Å². The molecule has 0 aromatic heterocycles. The van der Waals surface area contributed by atoms with Crippen LogP contribution >= 0.6 is 22.6 Å². The van der Waals surface area contributed by atoms with Crippen LogP contribution in [0.25, 0.3) is 0 Å². The predicted octanol–water partition coefficient (Wildman–Crippen LogP) is -1.01. The summed E-state index contributed by atoms with van der Waals surface area (Å²) in [5, 5.41) is 5.25. The zero-order valence-corrected chi connectivity index (χ0v) is 14.1. The maximum absolute atomic E-state index is 11.5. The number of rotatable bonds is 10. The van der Waals surface area contributed by atoms with E-state index in [1.165, 1.54) is 12.2 Å². The van der Waals surface area contributed by atoms with Gasteiger partial charge in [0.25, 0.3) is 11.8 Å². The van der Waals surface area contributed by atoms with Crippen LogP contribution in [-0.4, -0.2) is 65.8 Å². The second-order valence-electron chi connectivity index (χ2n) is 4.36. The third-order valence-electron chi connectivity index (χ3n) is 2.72. The van der Waals surface area contributed by atoms with Crippen molar-refractivity contribution in [2.75, 3.05) is 37.3 Å². The molecule has 1 aliphatic rings. The summed E-state index contributed by atoms with van der Waals surface area (Å²) < 4.78 is 5.61. The zero-order valence-electron chi connectivity index (χ0n) is 12.0. The van der Waals surface area contributed by atoms with Crippen LogP contribution in [0.2, 0.25) is 0 Å². The number of halogens is 1.